The smallest absolute Gasteiger partial charge is 0.335 e. The first kappa shape index (κ1) is 12.6. The number of fused-ring (bicyclic) bond motifs is 3. The lowest BCUT2D eigenvalue weighted by Crippen LogP contribution is -1.95. The van der Waals surface area contributed by atoms with Gasteiger partial charge in [0.2, 0.25) is 0 Å². The number of phenolic OH excluding ortho intramolecular Hbond substituents is 1. The van der Waals surface area contributed by atoms with Gasteiger partial charge in [0.25, 0.3) is 0 Å². The van der Waals surface area contributed by atoms with Crippen molar-refractivity contribution in [3.63, 3.8) is 0 Å². The fourth-order valence-electron chi connectivity index (χ4n) is 2.93. The molecule has 0 fully saturated rings. The van der Waals surface area contributed by atoms with Gasteiger partial charge in [-0.05, 0) is 35.9 Å². The molecular weight excluding hydrogens is 280 g/mol. The molecule has 0 spiro atoms. The topological polar surface area (TPSA) is 86.2 Å². The van der Waals surface area contributed by atoms with Gasteiger partial charge < -0.3 is 10.2 Å². The normalized spacial score (nSPS) is 12.0. The predicted molar refractivity (Wildman–Crippen MR) is 80.9 cm³/mol. The minimum Gasteiger partial charge on any atom is -0.508 e. The van der Waals surface area contributed by atoms with Gasteiger partial charge in [0.15, 0.2) is 0 Å². The Balaban J connectivity index is 1.78. The number of phenols is 1. The Morgan fingerprint density at radius 3 is 2.64 bits per heavy atom. The summed E-state index contributed by atoms with van der Waals surface area (Å²) in [7, 11) is 0. The van der Waals surface area contributed by atoms with Crippen LogP contribution in [0.25, 0.3) is 22.5 Å². The van der Waals surface area contributed by atoms with Crippen LogP contribution in [-0.4, -0.2) is 26.4 Å². The Bertz CT molecular complexity index is 895. The van der Waals surface area contributed by atoms with E-state index in [1.165, 1.54) is 0 Å². The quantitative estimate of drug-likeness (QED) is 0.530. The van der Waals surface area contributed by atoms with E-state index in [0.29, 0.717) is 6.42 Å². The second-order valence-electron chi connectivity index (χ2n) is 5.33. The molecule has 0 saturated heterocycles. The number of hydrogen-bond donors (Lipinski definition) is 3. The van der Waals surface area contributed by atoms with Crippen molar-refractivity contribution >= 4 is 5.97 Å². The highest BCUT2D eigenvalue weighted by Crippen LogP contribution is 2.41. The summed E-state index contributed by atoms with van der Waals surface area (Å²) in [5, 5.41) is 26.0. The molecular formula is C17H12N2O3. The molecule has 3 N–H and O–H groups in total. The van der Waals surface area contributed by atoms with Crippen LogP contribution in [0.4, 0.5) is 0 Å². The molecule has 2 aromatic carbocycles. The number of carboxylic acids is 1. The Morgan fingerprint density at radius 2 is 1.91 bits per heavy atom. The highest BCUT2D eigenvalue weighted by Gasteiger charge is 2.25. The second-order valence-corrected chi connectivity index (χ2v) is 5.33. The lowest BCUT2D eigenvalue weighted by atomic mass is 10.0. The summed E-state index contributed by atoms with van der Waals surface area (Å²) >= 11 is 0. The highest BCUT2D eigenvalue weighted by molar-refractivity contribution is 5.88. The zero-order chi connectivity index (χ0) is 15.3. The summed E-state index contributed by atoms with van der Waals surface area (Å²) < 4.78 is 0. The number of rotatable bonds is 2. The summed E-state index contributed by atoms with van der Waals surface area (Å²) in [6.45, 7) is 0. The lowest BCUT2D eigenvalue weighted by Gasteiger charge is -2.01. The van der Waals surface area contributed by atoms with Gasteiger partial charge in [0.1, 0.15) is 5.75 Å². The van der Waals surface area contributed by atoms with Gasteiger partial charge in [-0.15, -0.1) is 0 Å². The summed E-state index contributed by atoms with van der Waals surface area (Å²) in [5.74, 6) is -0.689. The molecule has 0 unspecified atom stereocenters. The molecule has 3 aromatic rings. The van der Waals surface area contributed by atoms with Gasteiger partial charge in [0.05, 0.1) is 17.0 Å². The minimum atomic E-state index is -0.943. The number of nitrogens with zero attached hydrogens (tertiary/aromatic N) is 1. The molecule has 4 rings (SSSR count). The number of carbonyl (C=O) groups is 1. The maximum Gasteiger partial charge on any atom is 0.335 e. The van der Waals surface area contributed by atoms with Crippen molar-refractivity contribution in [3.05, 3.63) is 59.2 Å². The van der Waals surface area contributed by atoms with Crippen LogP contribution in [0, 0.1) is 0 Å². The van der Waals surface area contributed by atoms with E-state index in [1.54, 1.807) is 36.4 Å². The summed E-state index contributed by atoms with van der Waals surface area (Å²) in [6, 6.07) is 12.0. The van der Waals surface area contributed by atoms with Gasteiger partial charge >= 0.3 is 5.97 Å². The van der Waals surface area contributed by atoms with Crippen LogP contribution < -0.4 is 0 Å². The van der Waals surface area contributed by atoms with E-state index in [-0.39, 0.29) is 11.3 Å². The Morgan fingerprint density at radius 1 is 1.14 bits per heavy atom. The zero-order valence-electron chi connectivity index (χ0n) is 11.5. The first-order chi connectivity index (χ1) is 10.6. The Kier molecular flexibility index (Phi) is 2.56. The number of aromatic amines is 1. The fourth-order valence-corrected chi connectivity index (χ4v) is 2.93. The molecule has 1 aromatic heterocycles. The van der Waals surface area contributed by atoms with E-state index in [0.717, 1.165) is 33.6 Å². The third-order valence-electron chi connectivity index (χ3n) is 4.00. The molecule has 0 radical (unpaired) electrons. The molecule has 1 heterocycles. The maximum atomic E-state index is 10.9. The monoisotopic (exact) mass is 292 g/mol. The molecule has 0 amide bonds. The van der Waals surface area contributed by atoms with Crippen molar-refractivity contribution in [2.24, 2.45) is 0 Å². The van der Waals surface area contributed by atoms with Crippen LogP contribution in [0.15, 0.2) is 42.5 Å². The van der Waals surface area contributed by atoms with Crippen molar-refractivity contribution in [1.29, 1.82) is 0 Å². The molecule has 22 heavy (non-hydrogen) atoms. The van der Waals surface area contributed by atoms with E-state index >= 15 is 0 Å². The average molecular weight is 292 g/mol. The number of benzene rings is 2. The third kappa shape index (κ3) is 1.79. The first-order valence-electron chi connectivity index (χ1n) is 6.87. The van der Waals surface area contributed by atoms with Gasteiger partial charge in [0, 0.05) is 23.1 Å². The van der Waals surface area contributed by atoms with Crippen molar-refractivity contribution in [1.82, 2.24) is 10.2 Å². The van der Waals surface area contributed by atoms with E-state index in [4.69, 9.17) is 5.11 Å². The average Bonchev–Trinajstić information content (AvgIpc) is 3.05. The summed E-state index contributed by atoms with van der Waals surface area (Å²) in [5.41, 5.74) is 6.10. The highest BCUT2D eigenvalue weighted by atomic mass is 16.4. The molecule has 5 nitrogen and oxygen atoms in total. The Hall–Kier alpha value is -3.08. The number of aromatic nitrogens is 2. The summed E-state index contributed by atoms with van der Waals surface area (Å²) in [6.07, 6.45) is 0.700. The van der Waals surface area contributed by atoms with Crippen molar-refractivity contribution in [2.45, 2.75) is 6.42 Å². The first-order valence-corrected chi connectivity index (χ1v) is 6.87. The van der Waals surface area contributed by atoms with Crippen molar-refractivity contribution in [3.8, 4) is 28.3 Å². The zero-order valence-corrected chi connectivity index (χ0v) is 11.5. The standard InChI is InChI=1S/C17H12N2O3/c20-12-5-6-13-11(7-12)8-14-15(18-19-16(13)14)9-1-3-10(4-2-9)17(21)22/h1-7,20H,8H2,(H,18,19)(H,21,22). The molecule has 0 saturated carbocycles. The maximum absolute atomic E-state index is 10.9. The molecule has 0 bridgehead atoms. The number of H-pyrrole nitrogens is 1. The van der Waals surface area contributed by atoms with E-state index in [1.807, 2.05) is 6.07 Å². The SMILES string of the molecule is O=C(O)c1ccc(-c2n[nH]c3c2Cc2cc(O)ccc2-3)cc1. The van der Waals surface area contributed by atoms with E-state index in [2.05, 4.69) is 10.2 Å². The van der Waals surface area contributed by atoms with Crippen LogP contribution in [0.3, 0.4) is 0 Å². The van der Waals surface area contributed by atoms with E-state index in [9.17, 15) is 9.90 Å². The number of aromatic hydroxyl groups is 1. The molecule has 0 aliphatic heterocycles. The van der Waals surface area contributed by atoms with Crippen LogP contribution in [0.2, 0.25) is 0 Å². The van der Waals surface area contributed by atoms with E-state index < -0.39 is 5.97 Å². The lowest BCUT2D eigenvalue weighted by molar-refractivity contribution is 0.0697. The number of carboxylic acid groups (broad SMARTS) is 1. The fraction of sp³-hybridized carbons (Fsp3) is 0.0588. The Labute approximate surface area is 125 Å². The van der Waals surface area contributed by atoms with Crippen molar-refractivity contribution in [2.75, 3.05) is 0 Å². The largest absolute Gasteiger partial charge is 0.508 e. The minimum absolute atomic E-state index is 0.254. The number of aromatic carboxylic acids is 1. The van der Waals surface area contributed by atoms with Gasteiger partial charge in [-0.3, -0.25) is 5.10 Å². The molecule has 1 aliphatic carbocycles. The predicted octanol–water partition coefficient (Wildman–Crippen LogP) is 3.05. The molecule has 1 aliphatic rings. The number of nitrogens with one attached hydrogen (secondary N) is 1. The van der Waals surface area contributed by atoms with Crippen LogP contribution in [-0.2, 0) is 6.42 Å². The molecule has 5 heteroatoms. The third-order valence-corrected chi connectivity index (χ3v) is 4.00. The van der Waals surface area contributed by atoms with Crippen LogP contribution in [0.1, 0.15) is 21.5 Å². The van der Waals surface area contributed by atoms with Gasteiger partial charge in [-0.25, -0.2) is 4.79 Å². The molecule has 0 atom stereocenters. The van der Waals surface area contributed by atoms with Gasteiger partial charge in [-0.1, -0.05) is 12.1 Å². The van der Waals surface area contributed by atoms with Crippen molar-refractivity contribution < 1.29 is 15.0 Å². The molecule has 108 valence electrons. The van der Waals surface area contributed by atoms with Gasteiger partial charge in [-0.2, -0.15) is 5.10 Å². The van der Waals surface area contributed by atoms with Crippen LogP contribution in [0.5, 0.6) is 5.75 Å². The number of hydrogen-bond acceptors (Lipinski definition) is 3. The second kappa shape index (κ2) is 4.46. The summed E-state index contributed by atoms with van der Waals surface area (Å²) in [4.78, 5) is 10.9. The van der Waals surface area contributed by atoms with Crippen LogP contribution >= 0.6 is 0 Å².